The summed E-state index contributed by atoms with van der Waals surface area (Å²) in [5.74, 6) is 0.884. The van der Waals surface area contributed by atoms with E-state index in [4.69, 9.17) is 9.31 Å². The van der Waals surface area contributed by atoms with Gasteiger partial charge in [-0.1, -0.05) is 107 Å². The highest BCUT2D eigenvalue weighted by molar-refractivity contribution is 6.66. The van der Waals surface area contributed by atoms with Crippen molar-refractivity contribution < 1.29 is 9.31 Å². The second kappa shape index (κ2) is 9.05. The third-order valence-electron chi connectivity index (χ3n) is 9.84. The fourth-order valence-electron chi connectivity index (χ4n) is 6.99. The van der Waals surface area contributed by atoms with Crippen LogP contribution in [0.3, 0.4) is 0 Å². The highest BCUT2D eigenvalue weighted by Crippen LogP contribution is 2.46. The maximum Gasteiger partial charge on any atom is 0.495 e. The molecule has 206 valence electrons. The lowest BCUT2D eigenvalue weighted by Crippen LogP contribution is -2.41. The van der Waals surface area contributed by atoms with Gasteiger partial charge in [-0.05, 0) is 110 Å². The Labute approximate surface area is 244 Å². The van der Waals surface area contributed by atoms with Crippen molar-refractivity contribution in [1.82, 2.24) is 0 Å². The van der Waals surface area contributed by atoms with Crippen LogP contribution in [0.15, 0.2) is 78.9 Å². The molecule has 1 saturated heterocycles. The number of fused-ring (bicyclic) bond motifs is 2. The average molecular weight is 539 g/mol. The van der Waals surface area contributed by atoms with Crippen LogP contribution >= 0.6 is 0 Å². The molecule has 0 aromatic heterocycles. The minimum absolute atomic E-state index is 0.382. The molecule has 1 aliphatic heterocycles. The van der Waals surface area contributed by atoms with Gasteiger partial charge in [-0.15, -0.1) is 0 Å². The predicted molar refractivity (Wildman–Crippen MR) is 177 cm³/mol. The van der Waals surface area contributed by atoms with Gasteiger partial charge in [0.05, 0.1) is 11.2 Å². The van der Waals surface area contributed by atoms with Gasteiger partial charge in [-0.25, -0.2) is 0 Å². The molecule has 2 nitrogen and oxygen atoms in total. The van der Waals surface area contributed by atoms with Crippen LogP contribution in [0.1, 0.15) is 78.4 Å². The van der Waals surface area contributed by atoms with Crippen molar-refractivity contribution >= 4 is 55.7 Å². The van der Waals surface area contributed by atoms with Gasteiger partial charge >= 0.3 is 7.12 Å². The van der Waals surface area contributed by atoms with Crippen LogP contribution < -0.4 is 5.46 Å². The molecule has 41 heavy (non-hydrogen) atoms. The van der Waals surface area contributed by atoms with Gasteiger partial charge in [0.2, 0.25) is 0 Å². The van der Waals surface area contributed by atoms with Crippen LogP contribution in [0.25, 0.3) is 54.2 Å². The Hall–Kier alpha value is -3.40. The van der Waals surface area contributed by atoms with E-state index in [0.717, 1.165) is 5.46 Å². The molecular formula is C38H39BO2. The van der Waals surface area contributed by atoms with Gasteiger partial charge in [0.1, 0.15) is 0 Å². The molecule has 0 spiro atoms. The Morgan fingerprint density at radius 3 is 1.51 bits per heavy atom. The van der Waals surface area contributed by atoms with Crippen molar-refractivity contribution in [3.63, 3.8) is 0 Å². The molecule has 0 amide bonds. The van der Waals surface area contributed by atoms with Crippen LogP contribution in [0.2, 0.25) is 0 Å². The first-order valence-electron chi connectivity index (χ1n) is 15.1. The van der Waals surface area contributed by atoms with Crippen molar-refractivity contribution in [2.45, 2.75) is 78.4 Å². The Kier molecular flexibility index (Phi) is 5.85. The first kappa shape index (κ1) is 26.5. The lowest BCUT2D eigenvalue weighted by Gasteiger charge is -2.32. The zero-order valence-electron chi connectivity index (χ0n) is 25.6. The number of hydrogen-bond acceptors (Lipinski definition) is 2. The van der Waals surface area contributed by atoms with E-state index < -0.39 is 7.12 Å². The lowest BCUT2D eigenvalue weighted by molar-refractivity contribution is 0.00578. The second-order valence-electron chi connectivity index (χ2n) is 13.5. The minimum Gasteiger partial charge on any atom is -0.399 e. The van der Waals surface area contributed by atoms with Gasteiger partial charge in [-0.3, -0.25) is 0 Å². The van der Waals surface area contributed by atoms with Gasteiger partial charge < -0.3 is 9.31 Å². The van der Waals surface area contributed by atoms with E-state index in [1.807, 2.05) is 0 Å². The fraction of sp³-hybridized carbons (Fsp3) is 0.316. The average Bonchev–Trinajstić information content (AvgIpc) is 3.16. The van der Waals surface area contributed by atoms with Crippen molar-refractivity contribution in [2.24, 2.45) is 0 Å². The molecule has 0 radical (unpaired) electrons. The molecule has 0 unspecified atom stereocenters. The van der Waals surface area contributed by atoms with E-state index in [2.05, 4.69) is 134 Å². The molecule has 0 atom stereocenters. The zero-order valence-corrected chi connectivity index (χ0v) is 25.6. The van der Waals surface area contributed by atoms with E-state index >= 15 is 0 Å². The molecule has 6 aromatic carbocycles. The third-order valence-corrected chi connectivity index (χ3v) is 9.84. The molecule has 1 heterocycles. The number of hydrogen-bond donors (Lipinski definition) is 0. The third kappa shape index (κ3) is 3.79. The number of benzene rings is 6. The summed E-state index contributed by atoms with van der Waals surface area (Å²) >= 11 is 0. The molecule has 6 aromatic rings. The largest absolute Gasteiger partial charge is 0.495 e. The summed E-state index contributed by atoms with van der Waals surface area (Å²) in [4.78, 5) is 0. The van der Waals surface area contributed by atoms with Crippen LogP contribution in [0.4, 0.5) is 0 Å². The highest BCUT2D eigenvalue weighted by Gasteiger charge is 2.52. The van der Waals surface area contributed by atoms with E-state index in [0.29, 0.717) is 11.8 Å². The molecule has 1 aliphatic rings. The highest BCUT2D eigenvalue weighted by atomic mass is 16.7. The van der Waals surface area contributed by atoms with E-state index in [9.17, 15) is 0 Å². The maximum absolute atomic E-state index is 6.52. The Bertz CT molecular complexity index is 1900. The van der Waals surface area contributed by atoms with Crippen LogP contribution in [-0.2, 0) is 9.31 Å². The molecule has 3 heteroatoms. The number of rotatable bonds is 4. The lowest BCUT2D eigenvalue weighted by atomic mass is 9.74. The fourth-order valence-corrected chi connectivity index (χ4v) is 6.99. The molecule has 0 saturated carbocycles. The topological polar surface area (TPSA) is 18.5 Å². The SMILES string of the molecule is CC(C)c1cccc(C(C)C)c1-c1ccc2c3ccc(B4OC(C)(C)C(C)(C)O4)c4cccc(c5cccc1c52)c43. The monoisotopic (exact) mass is 538 g/mol. The van der Waals surface area contributed by atoms with Gasteiger partial charge in [0, 0.05) is 0 Å². The summed E-state index contributed by atoms with van der Waals surface area (Å²) in [5, 5.41) is 10.3. The summed E-state index contributed by atoms with van der Waals surface area (Å²) in [7, 11) is -0.397. The van der Waals surface area contributed by atoms with E-state index in [1.165, 1.54) is 65.3 Å². The first-order valence-corrected chi connectivity index (χ1v) is 15.1. The summed E-state index contributed by atoms with van der Waals surface area (Å²) in [6.45, 7) is 17.7. The van der Waals surface area contributed by atoms with Crippen molar-refractivity contribution in [3.05, 3.63) is 90.0 Å². The quantitative estimate of drug-likeness (QED) is 0.126. The Morgan fingerprint density at radius 1 is 0.512 bits per heavy atom. The first-order chi connectivity index (χ1) is 19.5. The molecule has 7 rings (SSSR count). The van der Waals surface area contributed by atoms with Crippen LogP contribution in [0.5, 0.6) is 0 Å². The van der Waals surface area contributed by atoms with E-state index in [1.54, 1.807) is 0 Å². The smallest absolute Gasteiger partial charge is 0.399 e. The van der Waals surface area contributed by atoms with Crippen LogP contribution in [-0.4, -0.2) is 18.3 Å². The van der Waals surface area contributed by atoms with Gasteiger partial charge in [0.25, 0.3) is 0 Å². The molecular weight excluding hydrogens is 499 g/mol. The summed E-state index contributed by atoms with van der Waals surface area (Å²) < 4.78 is 13.0. The van der Waals surface area contributed by atoms with Gasteiger partial charge in [0.15, 0.2) is 0 Å². The standard InChI is InChI=1S/C38H39BO2/c1-22(2)24-12-9-13-25(23(3)4)34(24)29-18-19-30-31-20-21-33(39-40-37(5,6)38(7,8)41-39)32-17-11-16-27(36(31)32)26-14-10-15-28(29)35(26)30/h9-23H,1-8H3. The van der Waals surface area contributed by atoms with E-state index in [-0.39, 0.29) is 11.2 Å². The molecule has 0 N–H and O–H groups in total. The van der Waals surface area contributed by atoms with Crippen molar-refractivity contribution in [1.29, 1.82) is 0 Å². The van der Waals surface area contributed by atoms with Gasteiger partial charge in [-0.2, -0.15) is 0 Å². The molecule has 0 aliphatic carbocycles. The normalized spacial score (nSPS) is 16.9. The van der Waals surface area contributed by atoms with Crippen molar-refractivity contribution in [3.8, 4) is 11.1 Å². The summed E-state index contributed by atoms with van der Waals surface area (Å²) in [5.41, 5.74) is 5.91. The summed E-state index contributed by atoms with van der Waals surface area (Å²) in [6.07, 6.45) is 0. The van der Waals surface area contributed by atoms with Crippen molar-refractivity contribution in [2.75, 3.05) is 0 Å². The maximum atomic E-state index is 6.52. The zero-order chi connectivity index (χ0) is 28.8. The second-order valence-corrected chi connectivity index (χ2v) is 13.5. The predicted octanol–water partition coefficient (Wildman–Crippen LogP) is 9.95. The molecule has 0 bridgehead atoms. The molecule has 1 fully saturated rings. The minimum atomic E-state index is -0.397. The Morgan fingerprint density at radius 2 is 0.951 bits per heavy atom. The summed E-state index contributed by atoms with van der Waals surface area (Å²) in [6, 6.07) is 29.7. The Balaban J connectivity index is 1.54. The van der Waals surface area contributed by atoms with Crippen LogP contribution in [0, 0.1) is 0 Å².